The maximum atomic E-state index is 11.1. The Morgan fingerprint density at radius 1 is 1.30 bits per heavy atom. The quantitative estimate of drug-likeness (QED) is 0.616. The standard InChI is InChI=1S/C17H12BrClN2O2/c18-15-8-12(7-13(9-20)17(21)22)3-6-16(15)23-10-11-1-4-14(19)5-2-11/h1-8H,10H2,(H2,21,22)/b13-7+. The Bertz CT molecular complexity index is 795. The van der Waals surface area contributed by atoms with E-state index in [1.54, 1.807) is 36.4 Å². The topological polar surface area (TPSA) is 76.1 Å². The summed E-state index contributed by atoms with van der Waals surface area (Å²) in [5, 5.41) is 9.52. The molecule has 0 unspecified atom stereocenters. The smallest absolute Gasteiger partial charge is 0.259 e. The summed E-state index contributed by atoms with van der Waals surface area (Å²) in [6.07, 6.45) is 1.43. The number of rotatable bonds is 5. The van der Waals surface area contributed by atoms with Crippen LogP contribution in [0, 0.1) is 11.3 Å². The number of carbonyl (C=O) groups excluding carboxylic acids is 1. The molecular weight excluding hydrogens is 380 g/mol. The lowest BCUT2D eigenvalue weighted by Gasteiger charge is -2.09. The lowest BCUT2D eigenvalue weighted by molar-refractivity contribution is -0.114. The zero-order chi connectivity index (χ0) is 16.8. The number of hydrogen-bond acceptors (Lipinski definition) is 3. The van der Waals surface area contributed by atoms with Gasteiger partial charge in [0.2, 0.25) is 0 Å². The number of nitriles is 1. The van der Waals surface area contributed by atoms with Gasteiger partial charge in [-0.3, -0.25) is 4.79 Å². The van der Waals surface area contributed by atoms with Crippen LogP contribution in [-0.2, 0) is 11.4 Å². The van der Waals surface area contributed by atoms with E-state index in [0.29, 0.717) is 27.4 Å². The second-order valence-corrected chi connectivity index (χ2v) is 5.93. The second-order valence-electron chi connectivity index (χ2n) is 4.64. The predicted molar refractivity (Wildman–Crippen MR) is 92.7 cm³/mol. The highest BCUT2D eigenvalue weighted by atomic mass is 79.9. The summed E-state index contributed by atoms with van der Waals surface area (Å²) in [6.45, 7) is 0.398. The fourth-order valence-corrected chi connectivity index (χ4v) is 2.43. The molecule has 0 aliphatic carbocycles. The molecule has 2 aromatic rings. The Hall–Kier alpha value is -2.29. The van der Waals surface area contributed by atoms with Gasteiger partial charge in [-0.25, -0.2) is 0 Å². The van der Waals surface area contributed by atoms with Crippen LogP contribution < -0.4 is 10.5 Å². The minimum Gasteiger partial charge on any atom is -0.488 e. The number of primary amides is 1. The summed E-state index contributed by atoms with van der Waals surface area (Å²) in [7, 11) is 0. The highest BCUT2D eigenvalue weighted by molar-refractivity contribution is 9.10. The van der Waals surface area contributed by atoms with Gasteiger partial charge in [0.05, 0.1) is 4.47 Å². The summed E-state index contributed by atoms with van der Waals surface area (Å²) < 4.78 is 6.44. The molecule has 0 heterocycles. The monoisotopic (exact) mass is 390 g/mol. The third-order valence-electron chi connectivity index (χ3n) is 2.96. The van der Waals surface area contributed by atoms with Crippen molar-refractivity contribution in [3.8, 4) is 11.8 Å². The summed E-state index contributed by atoms with van der Waals surface area (Å²) in [6, 6.07) is 14.4. The lowest BCUT2D eigenvalue weighted by Crippen LogP contribution is -2.12. The Morgan fingerprint density at radius 2 is 2.00 bits per heavy atom. The van der Waals surface area contributed by atoms with Gasteiger partial charge in [-0.15, -0.1) is 0 Å². The fourth-order valence-electron chi connectivity index (χ4n) is 1.79. The molecule has 0 saturated heterocycles. The number of nitrogens with two attached hydrogens (primary N) is 1. The van der Waals surface area contributed by atoms with E-state index in [1.165, 1.54) is 6.08 Å². The van der Waals surface area contributed by atoms with Gasteiger partial charge >= 0.3 is 0 Å². The minimum atomic E-state index is -0.758. The molecule has 0 bridgehead atoms. The van der Waals surface area contributed by atoms with Crippen molar-refractivity contribution in [3.05, 3.63) is 68.7 Å². The fraction of sp³-hybridized carbons (Fsp3) is 0.0588. The number of nitrogens with zero attached hydrogens (tertiary/aromatic N) is 1. The average Bonchev–Trinajstić information content (AvgIpc) is 2.53. The molecule has 23 heavy (non-hydrogen) atoms. The highest BCUT2D eigenvalue weighted by Crippen LogP contribution is 2.27. The van der Waals surface area contributed by atoms with E-state index in [-0.39, 0.29) is 5.57 Å². The molecule has 0 saturated carbocycles. The minimum absolute atomic E-state index is 0.105. The van der Waals surface area contributed by atoms with Crippen molar-refractivity contribution in [1.29, 1.82) is 5.26 Å². The third kappa shape index (κ3) is 4.85. The first-order valence-corrected chi connectivity index (χ1v) is 7.75. The zero-order valence-corrected chi connectivity index (χ0v) is 14.3. The second kappa shape index (κ2) is 7.82. The molecule has 0 aromatic heterocycles. The van der Waals surface area contributed by atoms with Crippen LogP contribution >= 0.6 is 27.5 Å². The van der Waals surface area contributed by atoms with Crippen LogP contribution in [0.4, 0.5) is 0 Å². The van der Waals surface area contributed by atoms with Crippen molar-refractivity contribution in [2.24, 2.45) is 5.73 Å². The number of halogens is 2. The molecule has 0 fully saturated rings. The van der Waals surface area contributed by atoms with E-state index < -0.39 is 5.91 Å². The summed E-state index contributed by atoms with van der Waals surface area (Å²) in [4.78, 5) is 11.1. The van der Waals surface area contributed by atoms with Crippen molar-refractivity contribution in [2.75, 3.05) is 0 Å². The van der Waals surface area contributed by atoms with Crippen LogP contribution in [0.3, 0.4) is 0 Å². The Morgan fingerprint density at radius 3 is 2.57 bits per heavy atom. The first-order valence-electron chi connectivity index (χ1n) is 6.58. The van der Waals surface area contributed by atoms with E-state index in [9.17, 15) is 4.79 Å². The van der Waals surface area contributed by atoms with Gasteiger partial charge in [0.1, 0.15) is 24.0 Å². The SMILES string of the molecule is N#C/C(=C\c1ccc(OCc2ccc(Cl)cc2)c(Br)c1)C(N)=O. The molecule has 2 rings (SSSR count). The molecule has 6 heteroatoms. The van der Waals surface area contributed by atoms with Crippen LogP contribution in [0.1, 0.15) is 11.1 Å². The van der Waals surface area contributed by atoms with Crippen LogP contribution in [0.25, 0.3) is 6.08 Å². The van der Waals surface area contributed by atoms with Crippen LogP contribution in [-0.4, -0.2) is 5.91 Å². The predicted octanol–water partition coefficient (Wildman–Crippen LogP) is 4.07. The van der Waals surface area contributed by atoms with Crippen molar-refractivity contribution in [2.45, 2.75) is 6.61 Å². The number of ether oxygens (including phenoxy) is 1. The number of benzene rings is 2. The van der Waals surface area contributed by atoms with Gasteiger partial charge in [-0.2, -0.15) is 5.26 Å². The Balaban J connectivity index is 2.12. The Kier molecular flexibility index (Phi) is 5.80. The van der Waals surface area contributed by atoms with Crippen LogP contribution in [0.15, 0.2) is 52.5 Å². The number of hydrogen-bond donors (Lipinski definition) is 1. The average molecular weight is 392 g/mol. The lowest BCUT2D eigenvalue weighted by atomic mass is 10.1. The summed E-state index contributed by atoms with van der Waals surface area (Å²) >= 11 is 9.24. The first kappa shape index (κ1) is 17.1. The zero-order valence-electron chi connectivity index (χ0n) is 11.9. The van der Waals surface area contributed by atoms with Crippen LogP contribution in [0.2, 0.25) is 5.02 Å². The molecular formula is C17H12BrClN2O2. The van der Waals surface area contributed by atoms with E-state index in [4.69, 9.17) is 27.3 Å². The van der Waals surface area contributed by atoms with Crippen molar-refractivity contribution >= 4 is 39.5 Å². The summed E-state index contributed by atoms with van der Waals surface area (Å²) in [5.74, 6) is -0.110. The molecule has 0 atom stereocenters. The van der Waals surface area contributed by atoms with E-state index >= 15 is 0 Å². The van der Waals surface area contributed by atoms with E-state index in [0.717, 1.165) is 5.56 Å². The molecule has 0 radical (unpaired) electrons. The Labute approximate surface area is 147 Å². The molecule has 0 spiro atoms. The van der Waals surface area contributed by atoms with Gasteiger partial charge in [0.25, 0.3) is 5.91 Å². The molecule has 2 aromatic carbocycles. The number of amides is 1. The van der Waals surface area contributed by atoms with Crippen molar-refractivity contribution in [3.63, 3.8) is 0 Å². The molecule has 116 valence electrons. The van der Waals surface area contributed by atoms with Gasteiger partial charge in [0.15, 0.2) is 0 Å². The number of carbonyl (C=O) groups is 1. The molecule has 4 nitrogen and oxygen atoms in total. The maximum absolute atomic E-state index is 11.1. The van der Waals surface area contributed by atoms with Gasteiger partial charge in [-0.1, -0.05) is 29.8 Å². The molecule has 2 N–H and O–H groups in total. The van der Waals surface area contributed by atoms with E-state index in [1.807, 2.05) is 12.1 Å². The van der Waals surface area contributed by atoms with Crippen LogP contribution in [0.5, 0.6) is 5.75 Å². The van der Waals surface area contributed by atoms with Gasteiger partial charge in [-0.05, 0) is 57.4 Å². The van der Waals surface area contributed by atoms with Gasteiger partial charge in [0, 0.05) is 5.02 Å². The normalized spacial score (nSPS) is 10.9. The largest absolute Gasteiger partial charge is 0.488 e. The maximum Gasteiger partial charge on any atom is 0.259 e. The highest BCUT2D eigenvalue weighted by Gasteiger charge is 2.06. The van der Waals surface area contributed by atoms with E-state index in [2.05, 4.69) is 15.9 Å². The molecule has 1 amide bonds. The van der Waals surface area contributed by atoms with Crippen molar-refractivity contribution < 1.29 is 9.53 Å². The molecule has 0 aliphatic rings. The first-order chi connectivity index (χ1) is 11.0. The third-order valence-corrected chi connectivity index (χ3v) is 3.83. The van der Waals surface area contributed by atoms with Crippen molar-refractivity contribution in [1.82, 2.24) is 0 Å². The summed E-state index contributed by atoms with van der Waals surface area (Å²) in [5.41, 5.74) is 6.67. The molecule has 0 aliphatic heterocycles. The van der Waals surface area contributed by atoms with Gasteiger partial charge < -0.3 is 10.5 Å².